The molecule has 0 spiro atoms. The van der Waals surface area contributed by atoms with Gasteiger partial charge in [-0.05, 0) is 43.2 Å². The minimum atomic E-state index is -0.697. The van der Waals surface area contributed by atoms with Crippen molar-refractivity contribution < 1.29 is 13.6 Å². The predicted octanol–water partition coefficient (Wildman–Crippen LogP) is 3.42. The molecule has 29 heavy (non-hydrogen) atoms. The molecule has 0 bridgehead atoms. The van der Waals surface area contributed by atoms with E-state index in [4.69, 9.17) is 0 Å². The van der Waals surface area contributed by atoms with Crippen molar-refractivity contribution in [2.24, 2.45) is 0 Å². The van der Waals surface area contributed by atoms with E-state index >= 15 is 0 Å². The molecule has 1 amide bonds. The highest BCUT2D eigenvalue weighted by Crippen LogP contribution is 2.22. The van der Waals surface area contributed by atoms with Gasteiger partial charge in [0.05, 0.1) is 17.7 Å². The van der Waals surface area contributed by atoms with Gasteiger partial charge in [-0.1, -0.05) is 6.07 Å². The van der Waals surface area contributed by atoms with E-state index in [2.05, 4.69) is 10.3 Å². The number of aromatic nitrogens is 1. The summed E-state index contributed by atoms with van der Waals surface area (Å²) in [5.74, 6) is -1.78. The summed E-state index contributed by atoms with van der Waals surface area (Å²) in [6.07, 6.45) is 0.607. The summed E-state index contributed by atoms with van der Waals surface area (Å²) in [4.78, 5) is 30.5. The van der Waals surface area contributed by atoms with Crippen molar-refractivity contribution in [3.05, 3.63) is 74.6 Å². The molecule has 0 saturated heterocycles. The number of pyridine rings is 1. The Hall–Kier alpha value is -3.06. The second-order valence-electron chi connectivity index (χ2n) is 7.47. The van der Waals surface area contributed by atoms with Crippen molar-refractivity contribution in [1.29, 1.82) is 0 Å². The van der Waals surface area contributed by atoms with Crippen LogP contribution in [0.3, 0.4) is 0 Å². The summed E-state index contributed by atoms with van der Waals surface area (Å²) in [5, 5.41) is 3.04. The Bertz CT molecular complexity index is 1190. The monoisotopic (exact) mass is 397 g/mol. The van der Waals surface area contributed by atoms with Gasteiger partial charge in [-0.15, -0.1) is 0 Å². The molecule has 3 aromatic rings. The molecule has 2 aromatic carbocycles. The number of carbonyl (C=O) groups is 1. The van der Waals surface area contributed by atoms with Crippen LogP contribution < -0.4 is 10.7 Å². The van der Waals surface area contributed by atoms with Gasteiger partial charge in [0.15, 0.2) is 5.43 Å². The molecule has 1 aliphatic heterocycles. The highest BCUT2D eigenvalue weighted by molar-refractivity contribution is 5.92. The zero-order valence-electron chi connectivity index (χ0n) is 16.2. The molecule has 2 heterocycles. The Morgan fingerprint density at radius 1 is 1.21 bits per heavy atom. The molecular formula is C22H21F2N3O2. The number of anilines is 1. The van der Waals surface area contributed by atoms with Crippen molar-refractivity contribution in [2.75, 3.05) is 18.4 Å². The van der Waals surface area contributed by atoms with Gasteiger partial charge in [-0.2, -0.15) is 0 Å². The largest absolute Gasteiger partial charge is 0.358 e. The van der Waals surface area contributed by atoms with Gasteiger partial charge in [0.1, 0.15) is 11.6 Å². The number of aromatic amines is 1. The molecule has 150 valence electrons. The number of rotatable bonds is 3. The second-order valence-corrected chi connectivity index (χ2v) is 7.47. The standard InChI is InChI=1S/C22H21F2N3O2/c1-12-3-5-15-21(13(12)2)26-18-7-8-27(10-16(18)22(15)29)11-20(28)25-19-9-14(23)4-6-17(19)24/h3-6,9H,7-8,10-11H2,1-2H3,(H,25,28)(H,26,29). The summed E-state index contributed by atoms with van der Waals surface area (Å²) >= 11 is 0. The molecule has 5 nitrogen and oxygen atoms in total. The first-order valence-corrected chi connectivity index (χ1v) is 9.44. The highest BCUT2D eigenvalue weighted by Gasteiger charge is 2.23. The maximum atomic E-state index is 13.7. The van der Waals surface area contributed by atoms with Crippen LogP contribution in [0.1, 0.15) is 22.4 Å². The molecule has 0 saturated carbocycles. The van der Waals surface area contributed by atoms with E-state index in [0.29, 0.717) is 30.5 Å². The molecule has 0 aliphatic carbocycles. The Kier molecular flexibility index (Phi) is 4.92. The third-order valence-electron chi connectivity index (χ3n) is 5.52. The summed E-state index contributed by atoms with van der Waals surface area (Å²) < 4.78 is 27.0. The van der Waals surface area contributed by atoms with Crippen LogP contribution in [-0.4, -0.2) is 28.9 Å². The van der Waals surface area contributed by atoms with Crippen LogP contribution in [0.15, 0.2) is 35.1 Å². The third-order valence-corrected chi connectivity index (χ3v) is 5.52. The Morgan fingerprint density at radius 2 is 2.00 bits per heavy atom. The number of hydrogen-bond donors (Lipinski definition) is 2. The maximum absolute atomic E-state index is 13.7. The lowest BCUT2D eigenvalue weighted by molar-refractivity contribution is -0.117. The van der Waals surface area contributed by atoms with Crippen molar-refractivity contribution in [3.8, 4) is 0 Å². The summed E-state index contributed by atoms with van der Waals surface area (Å²) in [5.41, 5.74) is 4.36. The molecule has 0 atom stereocenters. The maximum Gasteiger partial charge on any atom is 0.238 e. The minimum Gasteiger partial charge on any atom is -0.358 e. The van der Waals surface area contributed by atoms with Crippen LogP contribution >= 0.6 is 0 Å². The molecule has 2 N–H and O–H groups in total. The number of hydrogen-bond acceptors (Lipinski definition) is 3. The average molecular weight is 397 g/mol. The molecule has 0 unspecified atom stereocenters. The first-order chi connectivity index (χ1) is 13.8. The smallest absolute Gasteiger partial charge is 0.238 e. The molecule has 0 radical (unpaired) electrons. The van der Waals surface area contributed by atoms with Crippen LogP contribution in [0, 0.1) is 25.5 Å². The number of nitrogens with zero attached hydrogens (tertiary/aromatic N) is 1. The van der Waals surface area contributed by atoms with E-state index in [0.717, 1.165) is 40.5 Å². The number of halogens is 2. The fourth-order valence-electron chi connectivity index (χ4n) is 3.77. The topological polar surface area (TPSA) is 65.2 Å². The quantitative estimate of drug-likeness (QED) is 0.712. The first-order valence-electron chi connectivity index (χ1n) is 9.44. The van der Waals surface area contributed by atoms with Gasteiger partial charge in [0, 0.05) is 42.2 Å². The van der Waals surface area contributed by atoms with Crippen LogP contribution in [-0.2, 0) is 17.8 Å². The zero-order chi connectivity index (χ0) is 20.7. The van der Waals surface area contributed by atoms with Gasteiger partial charge in [-0.3, -0.25) is 14.5 Å². The molecule has 0 fully saturated rings. The highest BCUT2D eigenvalue weighted by atomic mass is 19.1. The molecule has 1 aromatic heterocycles. The fraction of sp³-hybridized carbons (Fsp3) is 0.273. The predicted molar refractivity (Wildman–Crippen MR) is 108 cm³/mol. The van der Waals surface area contributed by atoms with Crippen molar-refractivity contribution in [3.63, 3.8) is 0 Å². The lowest BCUT2D eigenvalue weighted by Crippen LogP contribution is -2.39. The SMILES string of the molecule is Cc1ccc2c(=O)c3c([nH]c2c1C)CCN(CC(=O)Nc1cc(F)ccc1F)C3. The third kappa shape index (κ3) is 3.65. The van der Waals surface area contributed by atoms with Gasteiger partial charge in [-0.25, -0.2) is 8.78 Å². The second kappa shape index (κ2) is 7.40. The van der Waals surface area contributed by atoms with Gasteiger partial charge in [0.2, 0.25) is 5.91 Å². The van der Waals surface area contributed by atoms with Crippen LogP contribution in [0.4, 0.5) is 14.5 Å². The van der Waals surface area contributed by atoms with E-state index in [-0.39, 0.29) is 17.7 Å². The minimum absolute atomic E-state index is 0.0141. The van der Waals surface area contributed by atoms with Crippen molar-refractivity contribution >= 4 is 22.5 Å². The Morgan fingerprint density at radius 3 is 2.79 bits per heavy atom. The summed E-state index contributed by atoms with van der Waals surface area (Å²) in [6, 6.07) is 6.67. The van der Waals surface area contributed by atoms with Gasteiger partial charge >= 0.3 is 0 Å². The Balaban J connectivity index is 1.55. The van der Waals surface area contributed by atoms with E-state index in [1.807, 2.05) is 30.9 Å². The Labute approximate surface area is 166 Å². The number of H-pyrrole nitrogens is 1. The lowest BCUT2D eigenvalue weighted by atomic mass is 9.99. The lowest BCUT2D eigenvalue weighted by Gasteiger charge is -2.28. The first kappa shape index (κ1) is 19.3. The van der Waals surface area contributed by atoms with E-state index in [1.165, 1.54) is 0 Å². The number of carbonyl (C=O) groups excluding carboxylic acids is 1. The van der Waals surface area contributed by atoms with Crippen LogP contribution in [0.2, 0.25) is 0 Å². The molecule has 4 rings (SSSR count). The summed E-state index contributed by atoms with van der Waals surface area (Å²) in [6.45, 7) is 4.89. The van der Waals surface area contributed by atoms with Gasteiger partial charge in [0.25, 0.3) is 0 Å². The number of amides is 1. The molecule has 7 heteroatoms. The molecule has 1 aliphatic rings. The number of benzene rings is 2. The van der Waals surface area contributed by atoms with E-state index in [1.54, 1.807) is 0 Å². The number of fused-ring (bicyclic) bond motifs is 2. The van der Waals surface area contributed by atoms with Crippen LogP contribution in [0.25, 0.3) is 10.9 Å². The molecular weight excluding hydrogens is 376 g/mol. The van der Waals surface area contributed by atoms with Crippen molar-refractivity contribution in [2.45, 2.75) is 26.8 Å². The number of nitrogens with one attached hydrogen (secondary N) is 2. The van der Waals surface area contributed by atoms with Crippen molar-refractivity contribution in [1.82, 2.24) is 9.88 Å². The normalized spacial score (nSPS) is 14.1. The summed E-state index contributed by atoms with van der Waals surface area (Å²) in [7, 11) is 0. The van der Waals surface area contributed by atoms with E-state index < -0.39 is 17.5 Å². The number of aryl methyl sites for hydroxylation is 2. The average Bonchev–Trinajstić information content (AvgIpc) is 2.68. The fourth-order valence-corrected chi connectivity index (χ4v) is 3.77. The van der Waals surface area contributed by atoms with Crippen LogP contribution in [0.5, 0.6) is 0 Å². The zero-order valence-corrected chi connectivity index (χ0v) is 16.2. The van der Waals surface area contributed by atoms with Gasteiger partial charge < -0.3 is 10.3 Å². The van der Waals surface area contributed by atoms with E-state index in [9.17, 15) is 18.4 Å².